The molecule has 28 heavy (non-hydrogen) atoms. The molecule has 1 N–H and O–H groups in total. The summed E-state index contributed by atoms with van der Waals surface area (Å²) < 4.78 is 1.80. The Balaban J connectivity index is 1.71. The maximum atomic E-state index is 13.0. The van der Waals surface area contributed by atoms with Crippen LogP contribution in [-0.2, 0) is 13.0 Å². The van der Waals surface area contributed by atoms with E-state index < -0.39 is 0 Å². The largest absolute Gasteiger partial charge is 0.296 e. The lowest BCUT2D eigenvalue weighted by Crippen LogP contribution is -2.13. The molecule has 0 aliphatic heterocycles. The van der Waals surface area contributed by atoms with Crippen LogP contribution < -0.4 is 5.32 Å². The summed E-state index contributed by atoms with van der Waals surface area (Å²) in [7, 11) is 0. The molecular formula is C19H20N6OS2. The van der Waals surface area contributed by atoms with Gasteiger partial charge in [-0.25, -0.2) is 9.67 Å². The van der Waals surface area contributed by atoms with E-state index in [2.05, 4.69) is 34.5 Å². The first kappa shape index (κ1) is 18.7. The molecule has 4 aromatic rings. The second kappa shape index (κ2) is 7.76. The summed E-state index contributed by atoms with van der Waals surface area (Å²) in [4.78, 5) is 18.8. The molecule has 0 unspecified atom stereocenters. The van der Waals surface area contributed by atoms with Gasteiger partial charge < -0.3 is 0 Å². The van der Waals surface area contributed by atoms with Crippen molar-refractivity contribution in [3.05, 3.63) is 40.3 Å². The van der Waals surface area contributed by atoms with Crippen molar-refractivity contribution in [1.82, 2.24) is 25.0 Å². The van der Waals surface area contributed by atoms with Crippen molar-refractivity contribution in [3.8, 4) is 10.6 Å². The molecular weight excluding hydrogens is 392 g/mol. The minimum absolute atomic E-state index is 0.229. The summed E-state index contributed by atoms with van der Waals surface area (Å²) in [6.45, 7) is 6.94. The molecule has 144 valence electrons. The molecule has 0 radical (unpaired) electrons. The molecule has 4 rings (SSSR count). The first-order valence-electron chi connectivity index (χ1n) is 9.09. The summed E-state index contributed by atoms with van der Waals surface area (Å²) in [5, 5.41) is 19.7. The number of carbonyl (C=O) groups is 1. The molecule has 0 saturated carbocycles. The van der Waals surface area contributed by atoms with E-state index in [1.165, 1.54) is 11.3 Å². The lowest BCUT2D eigenvalue weighted by atomic mass is 10.1. The monoisotopic (exact) mass is 412 g/mol. The van der Waals surface area contributed by atoms with Crippen LogP contribution >= 0.6 is 22.7 Å². The number of anilines is 1. The summed E-state index contributed by atoms with van der Waals surface area (Å²) in [6, 6.07) is 5.79. The molecule has 7 nitrogen and oxygen atoms in total. The molecule has 0 aromatic carbocycles. The van der Waals surface area contributed by atoms with Crippen LogP contribution in [0.1, 0.15) is 36.1 Å². The Bertz CT molecular complexity index is 1110. The van der Waals surface area contributed by atoms with Gasteiger partial charge in [0.15, 0.2) is 5.65 Å². The van der Waals surface area contributed by atoms with Gasteiger partial charge in [-0.1, -0.05) is 31.3 Å². The minimum Gasteiger partial charge on any atom is -0.296 e. The number of nitrogens with one attached hydrogen (secondary N) is 1. The standard InChI is InChI=1S/C19H20N6OS2/c1-4-25-17-13(10-20-25)12(9-14(21-17)15-6-5-7-27-15)18(26)22-19-24-23-16(28-19)8-11(2)3/h5-7,9-11H,4,8H2,1-3H3,(H,22,24,26). The van der Waals surface area contributed by atoms with E-state index in [1.807, 2.05) is 30.5 Å². The smallest absolute Gasteiger partial charge is 0.258 e. The van der Waals surface area contributed by atoms with Crippen LogP contribution in [0.25, 0.3) is 21.6 Å². The Morgan fingerprint density at radius 3 is 2.89 bits per heavy atom. The summed E-state index contributed by atoms with van der Waals surface area (Å²) in [5.74, 6) is 0.262. The fraction of sp³-hybridized carbons (Fsp3) is 0.316. The van der Waals surface area contributed by atoms with Gasteiger partial charge >= 0.3 is 0 Å². The van der Waals surface area contributed by atoms with Gasteiger partial charge in [-0.15, -0.1) is 21.5 Å². The van der Waals surface area contributed by atoms with Gasteiger partial charge in [0.05, 0.1) is 27.7 Å². The molecule has 1 amide bonds. The van der Waals surface area contributed by atoms with Crippen molar-refractivity contribution in [1.29, 1.82) is 0 Å². The lowest BCUT2D eigenvalue weighted by molar-refractivity contribution is 0.102. The average molecular weight is 413 g/mol. The van der Waals surface area contributed by atoms with Gasteiger partial charge in [-0.05, 0) is 30.4 Å². The van der Waals surface area contributed by atoms with Gasteiger partial charge in [0.2, 0.25) is 5.13 Å². The summed E-state index contributed by atoms with van der Waals surface area (Å²) in [6.07, 6.45) is 2.54. The predicted molar refractivity (Wildman–Crippen MR) is 113 cm³/mol. The van der Waals surface area contributed by atoms with Crippen LogP contribution in [0.4, 0.5) is 5.13 Å². The molecule has 0 aliphatic rings. The van der Waals surface area contributed by atoms with Crippen LogP contribution in [0.5, 0.6) is 0 Å². The highest BCUT2D eigenvalue weighted by molar-refractivity contribution is 7.15. The van der Waals surface area contributed by atoms with E-state index in [9.17, 15) is 4.79 Å². The average Bonchev–Trinajstić information content (AvgIpc) is 3.41. The predicted octanol–water partition coefficient (Wildman–Crippen LogP) is 4.48. The van der Waals surface area contributed by atoms with E-state index in [4.69, 9.17) is 4.98 Å². The first-order valence-corrected chi connectivity index (χ1v) is 10.8. The lowest BCUT2D eigenvalue weighted by Gasteiger charge is -2.07. The normalized spacial score (nSPS) is 11.4. The zero-order chi connectivity index (χ0) is 19.7. The topological polar surface area (TPSA) is 85.6 Å². The maximum Gasteiger partial charge on any atom is 0.258 e. The maximum absolute atomic E-state index is 13.0. The molecule has 9 heteroatoms. The Kier molecular flexibility index (Phi) is 5.19. The third kappa shape index (κ3) is 3.67. The van der Waals surface area contributed by atoms with Gasteiger partial charge in [0, 0.05) is 13.0 Å². The molecule has 0 fully saturated rings. The Hall–Kier alpha value is -2.65. The van der Waals surface area contributed by atoms with Crippen molar-refractivity contribution >= 4 is 44.7 Å². The van der Waals surface area contributed by atoms with Gasteiger partial charge in [-0.2, -0.15) is 5.10 Å². The Labute approximate surface area is 170 Å². The number of fused-ring (bicyclic) bond motifs is 1. The zero-order valence-electron chi connectivity index (χ0n) is 15.8. The summed E-state index contributed by atoms with van der Waals surface area (Å²) in [5.41, 5.74) is 2.01. The zero-order valence-corrected chi connectivity index (χ0v) is 17.5. The van der Waals surface area contributed by atoms with Crippen LogP contribution in [0.3, 0.4) is 0 Å². The quantitative estimate of drug-likeness (QED) is 0.504. The SMILES string of the molecule is CCn1ncc2c(C(=O)Nc3nnc(CC(C)C)s3)cc(-c3cccs3)nc21. The molecule has 0 saturated heterocycles. The number of amides is 1. The van der Waals surface area contributed by atoms with E-state index in [1.54, 1.807) is 22.2 Å². The molecule has 0 aliphatic carbocycles. The number of nitrogens with zero attached hydrogens (tertiary/aromatic N) is 5. The van der Waals surface area contributed by atoms with Crippen molar-refractivity contribution < 1.29 is 4.79 Å². The second-order valence-electron chi connectivity index (χ2n) is 6.78. The second-order valence-corrected chi connectivity index (χ2v) is 8.79. The molecule has 4 aromatic heterocycles. The molecule has 0 spiro atoms. The van der Waals surface area contributed by atoms with Crippen molar-refractivity contribution in [2.24, 2.45) is 5.92 Å². The highest BCUT2D eigenvalue weighted by Gasteiger charge is 2.19. The van der Waals surface area contributed by atoms with E-state index >= 15 is 0 Å². The number of aromatic nitrogens is 5. The van der Waals surface area contributed by atoms with Crippen LogP contribution in [0.2, 0.25) is 0 Å². The number of hydrogen-bond donors (Lipinski definition) is 1. The fourth-order valence-electron chi connectivity index (χ4n) is 2.92. The van der Waals surface area contributed by atoms with Gasteiger partial charge in [-0.3, -0.25) is 10.1 Å². The summed E-state index contributed by atoms with van der Waals surface area (Å²) >= 11 is 3.00. The Morgan fingerprint density at radius 2 is 2.18 bits per heavy atom. The van der Waals surface area contributed by atoms with E-state index in [0.29, 0.717) is 28.8 Å². The third-order valence-electron chi connectivity index (χ3n) is 4.20. The number of rotatable bonds is 6. The molecule has 0 atom stereocenters. The van der Waals surface area contributed by atoms with Crippen molar-refractivity contribution in [2.45, 2.75) is 33.7 Å². The molecule has 4 heterocycles. The van der Waals surface area contributed by atoms with Crippen LogP contribution in [0, 0.1) is 5.92 Å². The van der Waals surface area contributed by atoms with Crippen molar-refractivity contribution in [2.75, 3.05) is 5.32 Å². The number of pyridine rings is 1. The highest BCUT2D eigenvalue weighted by atomic mass is 32.1. The van der Waals surface area contributed by atoms with E-state index in [0.717, 1.165) is 27.4 Å². The van der Waals surface area contributed by atoms with Crippen LogP contribution in [0.15, 0.2) is 29.8 Å². The van der Waals surface area contributed by atoms with E-state index in [-0.39, 0.29) is 5.91 Å². The number of hydrogen-bond acceptors (Lipinski definition) is 7. The number of aryl methyl sites for hydroxylation is 1. The third-order valence-corrected chi connectivity index (χ3v) is 5.95. The van der Waals surface area contributed by atoms with Gasteiger partial charge in [0.25, 0.3) is 5.91 Å². The van der Waals surface area contributed by atoms with Crippen LogP contribution in [-0.4, -0.2) is 30.9 Å². The van der Waals surface area contributed by atoms with Gasteiger partial charge in [0.1, 0.15) is 5.01 Å². The first-order chi connectivity index (χ1) is 13.5. The number of carbonyl (C=O) groups excluding carboxylic acids is 1. The van der Waals surface area contributed by atoms with Crippen molar-refractivity contribution in [3.63, 3.8) is 0 Å². The Morgan fingerprint density at radius 1 is 1.32 bits per heavy atom. The number of thiophene rings is 1. The highest BCUT2D eigenvalue weighted by Crippen LogP contribution is 2.29. The fourth-order valence-corrected chi connectivity index (χ4v) is 4.55. The molecule has 0 bridgehead atoms. The minimum atomic E-state index is -0.229.